The Bertz CT molecular complexity index is 859. The van der Waals surface area contributed by atoms with Gasteiger partial charge in [-0.25, -0.2) is 9.18 Å². The van der Waals surface area contributed by atoms with Gasteiger partial charge in [-0.15, -0.1) is 0 Å². The highest BCUT2D eigenvalue weighted by atomic mass is 19.1. The monoisotopic (exact) mass is 389 g/mol. The van der Waals surface area contributed by atoms with Crippen LogP contribution in [0, 0.1) is 12.7 Å². The molecular formula is C20H24FN3O4. The number of hydrogen-bond donors (Lipinski definition) is 1. The second-order valence-electron chi connectivity index (χ2n) is 6.89. The average Bonchev–Trinajstić information content (AvgIpc) is 3.08. The third kappa shape index (κ3) is 4.00. The van der Waals surface area contributed by atoms with Gasteiger partial charge in [-0.1, -0.05) is 19.1 Å². The minimum absolute atomic E-state index is 0.0460. The molecule has 0 spiro atoms. The van der Waals surface area contributed by atoms with E-state index in [-0.39, 0.29) is 23.3 Å². The van der Waals surface area contributed by atoms with E-state index in [1.807, 2.05) is 6.92 Å². The normalized spacial score (nSPS) is 16.0. The van der Waals surface area contributed by atoms with Crippen molar-refractivity contribution in [3.8, 4) is 5.75 Å². The average molecular weight is 389 g/mol. The number of amides is 1. The highest BCUT2D eigenvalue weighted by molar-refractivity contribution is 5.88. The van der Waals surface area contributed by atoms with Gasteiger partial charge in [-0.05, 0) is 38.3 Å². The first-order chi connectivity index (χ1) is 13.4. The quantitative estimate of drug-likeness (QED) is 0.821. The van der Waals surface area contributed by atoms with Gasteiger partial charge >= 0.3 is 5.97 Å². The van der Waals surface area contributed by atoms with E-state index in [0.717, 1.165) is 0 Å². The van der Waals surface area contributed by atoms with Gasteiger partial charge in [0, 0.05) is 13.1 Å². The third-order valence-electron chi connectivity index (χ3n) is 5.15. The van der Waals surface area contributed by atoms with Crippen molar-refractivity contribution in [2.45, 2.75) is 45.3 Å². The van der Waals surface area contributed by atoms with Crippen LogP contribution in [0.2, 0.25) is 0 Å². The van der Waals surface area contributed by atoms with E-state index in [1.54, 1.807) is 28.6 Å². The van der Waals surface area contributed by atoms with E-state index >= 15 is 0 Å². The molecule has 0 aliphatic carbocycles. The molecule has 1 aliphatic rings. The lowest BCUT2D eigenvalue weighted by molar-refractivity contribution is -0.140. The Labute approximate surface area is 162 Å². The minimum atomic E-state index is -0.993. The first kappa shape index (κ1) is 19.9. The Morgan fingerprint density at radius 1 is 1.32 bits per heavy atom. The molecule has 0 radical (unpaired) electrons. The van der Waals surface area contributed by atoms with Gasteiger partial charge in [0.1, 0.15) is 5.56 Å². The number of benzene rings is 1. The number of carboxylic acids is 1. The second-order valence-corrected chi connectivity index (χ2v) is 6.89. The minimum Gasteiger partial charge on any atom is -0.478 e. The number of para-hydroxylation sites is 1. The van der Waals surface area contributed by atoms with Gasteiger partial charge < -0.3 is 14.7 Å². The van der Waals surface area contributed by atoms with Crippen LogP contribution in [-0.2, 0) is 4.79 Å². The van der Waals surface area contributed by atoms with Gasteiger partial charge in [0.05, 0.1) is 17.9 Å². The summed E-state index contributed by atoms with van der Waals surface area (Å²) in [6.45, 7) is 4.60. The summed E-state index contributed by atoms with van der Waals surface area (Å²) in [5.74, 6) is -1.57. The maximum atomic E-state index is 13.8. The van der Waals surface area contributed by atoms with Crippen LogP contribution < -0.4 is 4.74 Å². The molecule has 7 nitrogen and oxygen atoms in total. The van der Waals surface area contributed by atoms with Crippen molar-refractivity contribution >= 4 is 11.9 Å². The maximum absolute atomic E-state index is 13.8. The number of carboxylic acid groups (broad SMARTS) is 1. The Balaban J connectivity index is 1.62. The summed E-state index contributed by atoms with van der Waals surface area (Å²) in [7, 11) is 0. The van der Waals surface area contributed by atoms with Gasteiger partial charge in [0.15, 0.2) is 17.7 Å². The zero-order valence-electron chi connectivity index (χ0n) is 16.0. The fourth-order valence-corrected chi connectivity index (χ4v) is 3.54. The fourth-order valence-electron chi connectivity index (χ4n) is 3.54. The van der Waals surface area contributed by atoms with Gasteiger partial charge in [0.2, 0.25) is 0 Å². The van der Waals surface area contributed by atoms with Crippen molar-refractivity contribution in [3.05, 3.63) is 47.5 Å². The predicted molar refractivity (Wildman–Crippen MR) is 99.9 cm³/mol. The summed E-state index contributed by atoms with van der Waals surface area (Å²) >= 11 is 0. The topological polar surface area (TPSA) is 84.7 Å². The molecule has 1 aromatic heterocycles. The Kier molecular flexibility index (Phi) is 5.96. The number of rotatable bonds is 6. The number of carbonyl (C=O) groups is 2. The number of aromatic carboxylic acids is 1. The molecule has 1 saturated heterocycles. The zero-order valence-corrected chi connectivity index (χ0v) is 16.0. The van der Waals surface area contributed by atoms with Crippen LogP contribution >= 0.6 is 0 Å². The van der Waals surface area contributed by atoms with Crippen molar-refractivity contribution < 1.29 is 23.8 Å². The van der Waals surface area contributed by atoms with E-state index in [4.69, 9.17) is 4.74 Å². The Morgan fingerprint density at radius 2 is 2.00 bits per heavy atom. The van der Waals surface area contributed by atoms with E-state index < -0.39 is 17.9 Å². The van der Waals surface area contributed by atoms with Crippen molar-refractivity contribution in [2.24, 2.45) is 0 Å². The largest absolute Gasteiger partial charge is 0.478 e. The highest BCUT2D eigenvalue weighted by Gasteiger charge is 2.30. The van der Waals surface area contributed by atoms with Crippen LogP contribution in [0.5, 0.6) is 5.75 Å². The molecule has 2 heterocycles. The van der Waals surface area contributed by atoms with Crippen molar-refractivity contribution in [1.29, 1.82) is 0 Å². The summed E-state index contributed by atoms with van der Waals surface area (Å²) in [6, 6.07) is 6.10. The van der Waals surface area contributed by atoms with E-state index in [9.17, 15) is 19.1 Å². The fraction of sp³-hybridized carbons (Fsp3) is 0.450. The number of likely N-dealkylation sites (tertiary alicyclic amines) is 1. The van der Waals surface area contributed by atoms with Gasteiger partial charge in [-0.3, -0.25) is 9.48 Å². The molecule has 150 valence electrons. The van der Waals surface area contributed by atoms with Crippen LogP contribution in [0.4, 0.5) is 4.39 Å². The lowest BCUT2D eigenvalue weighted by Crippen LogP contribution is -2.46. The van der Waals surface area contributed by atoms with Gasteiger partial charge in [0.25, 0.3) is 5.91 Å². The molecule has 8 heteroatoms. The van der Waals surface area contributed by atoms with Crippen molar-refractivity contribution in [2.75, 3.05) is 13.1 Å². The first-order valence-corrected chi connectivity index (χ1v) is 9.39. The van der Waals surface area contributed by atoms with Crippen molar-refractivity contribution in [1.82, 2.24) is 14.7 Å². The second kappa shape index (κ2) is 8.41. The van der Waals surface area contributed by atoms with Crippen LogP contribution in [0.25, 0.3) is 0 Å². The standard InChI is InChI=1S/C20H24FN3O4/c1-3-17(28-18-7-5-4-6-16(18)21)19(25)23-10-8-14(9-11-23)24-13(2)15(12-22-24)20(26)27/h4-7,12,14,17H,3,8-11H2,1-2H3,(H,26,27). The summed E-state index contributed by atoms with van der Waals surface area (Å²) in [5, 5.41) is 13.4. The number of nitrogens with zero attached hydrogens (tertiary/aromatic N) is 3. The van der Waals surface area contributed by atoms with Crippen LogP contribution in [-0.4, -0.2) is 50.9 Å². The molecule has 0 bridgehead atoms. The third-order valence-corrected chi connectivity index (χ3v) is 5.15. The molecule has 1 atom stereocenters. The van der Waals surface area contributed by atoms with E-state index in [0.29, 0.717) is 38.0 Å². The summed E-state index contributed by atoms with van der Waals surface area (Å²) < 4.78 is 21.2. The molecule has 1 aliphatic heterocycles. The highest BCUT2D eigenvalue weighted by Crippen LogP contribution is 2.26. The molecule has 1 aromatic carbocycles. The van der Waals surface area contributed by atoms with Crippen LogP contribution in [0.3, 0.4) is 0 Å². The molecule has 0 saturated carbocycles. The summed E-state index contributed by atoms with van der Waals surface area (Å²) in [4.78, 5) is 25.7. The molecule has 2 aromatic rings. The molecule has 3 rings (SSSR count). The molecular weight excluding hydrogens is 365 g/mol. The molecule has 1 fully saturated rings. The Hall–Kier alpha value is -2.90. The molecule has 1 N–H and O–H groups in total. The molecule has 1 unspecified atom stereocenters. The number of hydrogen-bond acceptors (Lipinski definition) is 4. The molecule has 1 amide bonds. The maximum Gasteiger partial charge on any atom is 0.339 e. The van der Waals surface area contributed by atoms with E-state index in [2.05, 4.69) is 5.10 Å². The lowest BCUT2D eigenvalue weighted by Gasteiger charge is -2.34. The number of piperidine rings is 1. The lowest BCUT2D eigenvalue weighted by atomic mass is 10.0. The number of carbonyl (C=O) groups excluding carboxylic acids is 1. The number of ether oxygens (including phenoxy) is 1. The SMILES string of the molecule is CCC(Oc1ccccc1F)C(=O)N1CCC(n2ncc(C(=O)O)c2C)CC1. The first-order valence-electron chi connectivity index (χ1n) is 9.39. The smallest absolute Gasteiger partial charge is 0.339 e. The van der Waals surface area contributed by atoms with Crippen molar-refractivity contribution in [3.63, 3.8) is 0 Å². The Morgan fingerprint density at radius 3 is 2.57 bits per heavy atom. The number of halogens is 1. The molecule has 28 heavy (non-hydrogen) atoms. The van der Waals surface area contributed by atoms with E-state index in [1.165, 1.54) is 18.3 Å². The van der Waals surface area contributed by atoms with Crippen LogP contribution in [0.15, 0.2) is 30.5 Å². The van der Waals surface area contributed by atoms with Crippen LogP contribution in [0.1, 0.15) is 48.3 Å². The predicted octanol–water partition coefficient (Wildman–Crippen LogP) is 3.05. The zero-order chi connectivity index (χ0) is 20.3. The summed E-state index contributed by atoms with van der Waals surface area (Å²) in [6.07, 6.45) is 2.41. The number of aromatic nitrogens is 2. The van der Waals surface area contributed by atoms with Gasteiger partial charge in [-0.2, -0.15) is 5.10 Å². The summed E-state index contributed by atoms with van der Waals surface area (Å²) in [5.41, 5.74) is 0.814.